The Hall–Kier alpha value is -1.56. The van der Waals surface area contributed by atoms with Gasteiger partial charge in [-0.05, 0) is 31.0 Å². The molecule has 0 aliphatic carbocycles. The summed E-state index contributed by atoms with van der Waals surface area (Å²) in [6.45, 7) is 8.61. The zero-order chi connectivity index (χ0) is 15.0. The maximum Gasteiger partial charge on any atom is 0.172 e. The van der Waals surface area contributed by atoms with Crippen LogP contribution in [-0.4, -0.2) is 32.2 Å². The zero-order valence-corrected chi connectivity index (χ0v) is 13.0. The zero-order valence-electron chi connectivity index (χ0n) is 12.1. The van der Waals surface area contributed by atoms with Crippen molar-refractivity contribution in [3.63, 3.8) is 0 Å². The number of rotatable bonds is 9. The predicted octanol–water partition coefficient (Wildman–Crippen LogP) is 2.57. The first-order valence-electron chi connectivity index (χ1n) is 6.78. The molecule has 112 valence electrons. The van der Waals surface area contributed by atoms with Gasteiger partial charge in [-0.25, -0.2) is 13.4 Å². The van der Waals surface area contributed by atoms with Crippen LogP contribution in [0.15, 0.2) is 24.1 Å². The molecule has 1 aromatic heterocycles. The number of anilines is 2. The first-order chi connectivity index (χ1) is 9.46. The molecule has 6 heteroatoms. The van der Waals surface area contributed by atoms with Gasteiger partial charge in [-0.15, -0.1) is 0 Å². The maximum atomic E-state index is 11.3. The van der Waals surface area contributed by atoms with E-state index in [0.29, 0.717) is 12.4 Å². The molecule has 0 amide bonds. The topological polar surface area (TPSA) is 71.1 Å². The highest BCUT2D eigenvalue weighted by molar-refractivity contribution is 7.94. The van der Waals surface area contributed by atoms with Crippen molar-refractivity contribution in [2.24, 2.45) is 0 Å². The van der Waals surface area contributed by atoms with E-state index in [0.717, 1.165) is 36.2 Å². The van der Waals surface area contributed by atoms with Crippen LogP contribution >= 0.6 is 0 Å². The Kier molecular flexibility index (Phi) is 6.51. The molecule has 0 fully saturated rings. The van der Waals surface area contributed by atoms with E-state index in [9.17, 15) is 8.42 Å². The van der Waals surface area contributed by atoms with Gasteiger partial charge in [0.25, 0.3) is 0 Å². The molecule has 0 aliphatic heterocycles. The number of nitrogens with zero attached hydrogens (tertiary/aromatic N) is 1. The fourth-order valence-corrected chi connectivity index (χ4v) is 2.20. The number of hydrogen-bond acceptors (Lipinski definition) is 5. The summed E-state index contributed by atoms with van der Waals surface area (Å²) < 4.78 is 22.6. The van der Waals surface area contributed by atoms with Crippen molar-refractivity contribution in [2.75, 3.05) is 29.5 Å². The second-order valence-corrected chi connectivity index (χ2v) is 6.72. The molecular weight excluding hydrogens is 274 g/mol. The number of aryl methyl sites for hydroxylation is 1. The summed E-state index contributed by atoms with van der Waals surface area (Å²) in [4.78, 5) is 4.41. The molecule has 0 bridgehead atoms. The van der Waals surface area contributed by atoms with Crippen molar-refractivity contribution in [1.82, 2.24) is 4.98 Å². The fourth-order valence-electron chi connectivity index (χ4n) is 1.65. The SMILES string of the molecule is C=CS(=O)(=O)CCNc1cc(C)cc(NCCCC)n1. The van der Waals surface area contributed by atoms with Gasteiger partial charge in [-0.3, -0.25) is 0 Å². The number of nitrogens with one attached hydrogen (secondary N) is 2. The molecule has 0 unspecified atom stereocenters. The van der Waals surface area contributed by atoms with Crippen LogP contribution in [0.2, 0.25) is 0 Å². The number of hydrogen-bond donors (Lipinski definition) is 2. The van der Waals surface area contributed by atoms with Crippen LogP contribution in [0.25, 0.3) is 0 Å². The van der Waals surface area contributed by atoms with Crippen LogP contribution in [-0.2, 0) is 9.84 Å². The number of aromatic nitrogens is 1. The highest BCUT2D eigenvalue weighted by Crippen LogP contribution is 2.13. The molecule has 20 heavy (non-hydrogen) atoms. The summed E-state index contributed by atoms with van der Waals surface area (Å²) >= 11 is 0. The summed E-state index contributed by atoms with van der Waals surface area (Å²) in [6.07, 6.45) is 2.22. The lowest BCUT2D eigenvalue weighted by molar-refractivity contribution is 0.605. The monoisotopic (exact) mass is 297 g/mol. The number of sulfone groups is 1. The van der Waals surface area contributed by atoms with Gasteiger partial charge in [0.1, 0.15) is 11.6 Å². The minimum Gasteiger partial charge on any atom is -0.370 e. The summed E-state index contributed by atoms with van der Waals surface area (Å²) in [5.41, 5.74) is 1.08. The Bertz CT molecular complexity index is 541. The van der Waals surface area contributed by atoms with Crippen LogP contribution in [0.3, 0.4) is 0 Å². The van der Waals surface area contributed by atoms with E-state index in [-0.39, 0.29) is 5.75 Å². The first-order valence-corrected chi connectivity index (χ1v) is 8.50. The molecule has 0 aromatic carbocycles. The van der Waals surface area contributed by atoms with Crippen LogP contribution in [0.4, 0.5) is 11.6 Å². The van der Waals surface area contributed by atoms with Crippen molar-refractivity contribution >= 4 is 21.5 Å². The summed E-state index contributed by atoms with van der Waals surface area (Å²) in [5, 5.41) is 7.27. The molecule has 0 spiro atoms. The van der Waals surface area contributed by atoms with E-state index in [1.165, 1.54) is 0 Å². The molecule has 1 rings (SSSR count). The van der Waals surface area contributed by atoms with Crippen molar-refractivity contribution in [3.05, 3.63) is 29.7 Å². The third-order valence-corrected chi connectivity index (χ3v) is 4.03. The van der Waals surface area contributed by atoms with E-state index in [1.54, 1.807) is 0 Å². The van der Waals surface area contributed by atoms with Crippen LogP contribution < -0.4 is 10.6 Å². The molecule has 2 N–H and O–H groups in total. The first kappa shape index (κ1) is 16.5. The second kappa shape index (κ2) is 7.89. The van der Waals surface area contributed by atoms with Gasteiger partial charge < -0.3 is 10.6 Å². The largest absolute Gasteiger partial charge is 0.370 e. The van der Waals surface area contributed by atoms with Crippen molar-refractivity contribution in [2.45, 2.75) is 26.7 Å². The maximum absolute atomic E-state index is 11.3. The van der Waals surface area contributed by atoms with Gasteiger partial charge >= 0.3 is 0 Å². The molecule has 0 radical (unpaired) electrons. The normalized spacial score (nSPS) is 11.1. The predicted molar refractivity (Wildman–Crippen MR) is 84.8 cm³/mol. The minimum absolute atomic E-state index is 0.0186. The quantitative estimate of drug-likeness (QED) is 0.685. The lowest BCUT2D eigenvalue weighted by Crippen LogP contribution is -2.14. The molecule has 0 saturated carbocycles. The fraction of sp³-hybridized carbons (Fsp3) is 0.500. The van der Waals surface area contributed by atoms with Crippen LogP contribution in [0, 0.1) is 6.92 Å². The van der Waals surface area contributed by atoms with Gasteiger partial charge in [0.05, 0.1) is 5.75 Å². The van der Waals surface area contributed by atoms with Gasteiger partial charge in [0.15, 0.2) is 9.84 Å². The molecule has 0 atom stereocenters. The van der Waals surface area contributed by atoms with Crippen LogP contribution in [0.1, 0.15) is 25.3 Å². The molecule has 0 saturated heterocycles. The lowest BCUT2D eigenvalue weighted by atomic mass is 10.2. The van der Waals surface area contributed by atoms with Crippen molar-refractivity contribution < 1.29 is 8.42 Å². The molecule has 5 nitrogen and oxygen atoms in total. The van der Waals surface area contributed by atoms with Gasteiger partial charge in [0, 0.05) is 18.5 Å². The number of pyridine rings is 1. The van der Waals surface area contributed by atoms with Crippen LogP contribution in [0.5, 0.6) is 0 Å². The molecular formula is C14H23N3O2S. The van der Waals surface area contributed by atoms with Crippen molar-refractivity contribution in [1.29, 1.82) is 0 Å². The highest BCUT2D eigenvalue weighted by Gasteiger charge is 2.05. The number of unbranched alkanes of at least 4 members (excludes halogenated alkanes) is 1. The summed E-state index contributed by atoms with van der Waals surface area (Å²) in [7, 11) is -3.17. The van der Waals surface area contributed by atoms with E-state index in [1.807, 2.05) is 19.1 Å². The minimum atomic E-state index is -3.17. The van der Waals surface area contributed by atoms with E-state index in [2.05, 4.69) is 29.1 Å². The van der Waals surface area contributed by atoms with E-state index in [4.69, 9.17) is 0 Å². The van der Waals surface area contributed by atoms with Gasteiger partial charge in [-0.1, -0.05) is 19.9 Å². The Morgan fingerprint density at radius 2 is 1.85 bits per heavy atom. The third kappa shape index (κ3) is 6.06. The summed E-state index contributed by atoms with van der Waals surface area (Å²) in [6, 6.07) is 3.87. The lowest BCUT2D eigenvalue weighted by Gasteiger charge is -2.10. The standard InChI is InChI=1S/C14H23N3O2S/c1-4-6-7-15-13-10-12(3)11-14(17-13)16-8-9-20(18,19)5-2/h5,10-11H,2,4,6-9H2,1,3H3,(H2,15,16,17). The Balaban J connectivity index is 2.59. The molecule has 1 aromatic rings. The second-order valence-electron chi connectivity index (χ2n) is 4.66. The van der Waals surface area contributed by atoms with Gasteiger partial charge in [-0.2, -0.15) is 0 Å². The average molecular weight is 297 g/mol. The summed E-state index contributed by atoms with van der Waals surface area (Å²) in [5.74, 6) is 1.51. The smallest absolute Gasteiger partial charge is 0.172 e. The Morgan fingerprint density at radius 3 is 2.40 bits per heavy atom. The van der Waals surface area contributed by atoms with Gasteiger partial charge in [0.2, 0.25) is 0 Å². The van der Waals surface area contributed by atoms with Crippen molar-refractivity contribution in [3.8, 4) is 0 Å². The Labute approximate surface area is 121 Å². The Morgan fingerprint density at radius 1 is 1.25 bits per heavy atom. The van der Waals surface area contributed by atoms with E-state index >= 15 is 0 Å². The van der Waals surface area contributed by atoms with E-state index < -0.39 is 9.84 Å². The highest BCUT2D eigenvalue weighted by atomic mass is 32.2. The molecule has 0 aliphatic rings. The third-order valence-electron chi connectivity index (χ3n) is 2.75. The molecule has 1 heterocycles. The average Bonchev–Trinajstić information content (AvgIpc) is 2.38.